The molecule has 11 heteroatoms. The fourth-order valence-electron chi connectivity index (χ4n) is 4.37. The molecule has 4 rings (SSSR count). The van der Waals surface area contributed by atoms with Gasteiger partial charge in [-0.25, -0.2) is 4.79 Å². The Balaban J connectivity index is 1.51. The minimum absolute atomic E-state index is 0.00384. The largest absolute Gasteiger partial charge is 0.464 e. The second-order valence-electron chi connectivity index (χ2n) is 9.63. The summed E-state index contributed by atoms with van der Waals surface area (Å²) in [6, 6.07) is 16.9. The molecule has 40 heavy (non-hydrogen) atoms. The van der Waals surface area contributed by atoms with Crippen LogP contribution < -0.4 is 5.32 Å². The third-order valence-corrected chi connectivity index (χ3v) is 6.56. The molecule has 1 fully saturated rings. The zero-order valence-corrected chi connectivity index (χ0v) is 22.3. The Kier molecular flexibility index (Phi) is 9.84. The number of ether oxygens (including phenoxy) is 1. The van der Waals surface area contributed by atoms with Gasteiger partial charge in [-0.2, -0.15) is 13.2 Å². The molecule has 1 saturated heterocycles. The lowest BCUT2D eigenvalue weighted by molar-refractivity contribution is -0.137. The van der Waals surface area contributed by atoms with Gasteiger partial charge < -0.3 is 24.3 Å². The summed E-state index contributed by atoms with van der Waals surface area (Å²) < 4.78 is 50.7. The topological polar surface area (TPSA) is 78.3 Å². The van der Waals surface area contributed by atoms with E-state index in [-0.39, 0.29) is 31.2 Å². The number of carbonyl (C=O) groups is 2. The highest BCUT2D eigenvalue weighted by Crippen LogP contribution is 2.30. The minimum Gasteiger partial charge on any atom is -0.464 e. The zero-order chi connectivity index (χ0) is 28.5. The molecule has 0 radical (unpaired) electrons. The van der Waals surface area contributed by atoms with Crippen molar-refractivity contribution in [1.82, 2.24) is 14.7 Å². The Morgan fingerprint density at radius 2 is 1.70 bits per heavy atom. The molecule has 0 spiro atoms. The first kappa shape index (κ1) is 29.2. The van der Waals surface area contributed by atoms with Gasteiger partial charge in [-0.05, 0) is 42.8 Å². The number of aryl methyl sites for hydroxylation is 1. The van der Waals surface area contributed by atoms with Gasteiger partial charge in [0.15, 0.2) is 0 Å². The standard InChI is InChI=1S/C29H33F3N4O4/c1-22-10-11-26(40-22)20-36(19-23-6-3-2-4-7-23)27(37)21-35(13-12-34-14-16-39-17-15-34)28(38)33-25-9-5-8-24(18-25)29(30,31)32/h2-11,18H,12-17,19-21H2,1H3,(H,33,38). The van der Waals surface area contributed by atoms with Gasteiger partial charge in [-0.1, -0.05) is 36.4 Å². The van der Waals surface area contributed by atoms with Gasteiger partial charge in [0.25, 0.3) is 0 Å². The van der Waals surface area contributed by atoms with E-state index in [1.54, 1.807) is 11.0 Å². The van der Waals surface area contributed by atoms with Crippen LogP contribution in [0.1, 0.15) is 22.6 Å². The normalized spacial score (nSPS) is 14.1. The Bertz CT molecular complexity index is 1260. The number of carbonyl (C=O) groups excluding carboxylic acids is 2. The first-order valence-electron chi connectivity index (χ1n) is 13.1. The van der Waals surface area contributed by atoms with Gasteiger partial charge in [-0.3, -0.25) is 9.69 Å². The molecule has 1 aliphatic heterocycles. The third kappa shape index (κ3) is 8.59. The maximum atomic E-state index is 13.6. The van der Waals surface area contributed by atoms with Gasteiger partial charge in [-0.15, -0.1) is 0 Å². The number of amides is 3. The lowest BCUT2D eigenvalue weighted by Crippen LogP contribution is -2.48. The first-order chi connectivity index (χ1) is 19.2. The van der Waals surface area contributed by atoms with Crippen LogP contribution in [0.3, 0.4) is 0 Å². The maximum Gasteiger partial charge on any atom is 0.416 e. The van der Waals surface area contributed by atoms with Crippen molar-refractivity contribution >= 4 is 17.6 Å². The highest BCUT2D eigenvalue weighted by molar-refractivity contribution is 5.92. The molecule has 0 aliphatic carbocycles. The summed E-state index contributed by atoms with van der Waals surface area (Å²) in [7, 11) is 0. The van der Waals surface area contributed by atoms with Crippen LogP contribution in [-0.4, -0.2) is 72.6 Å². The van der Waals surface area contributed by atoms with E-state index >= 15 is 0 Å². The van der Waals surface area contributed by atoms with Gasteiger partial charge in [0.2, 0.25) is 5.91 Å². The molecule has 0 unspecified atom stereocenters. The van der Waals surface area contributed by atoms with Crippen LogP contribution in [0.15, 0.2) is 71.1 Å². The molecule has 0 atom stereocenters. The average molecular weight is 559 g/mol. The zero-order valence-electron chi connectivity index (χ0n) is 22.3. The monoisotopic (exact) mass is 558 g/mol. The Labute approximate surface area is 231 Å². The number of alkyl halides is 3. The highest BCUT2D eigenvalue weighted by Gasteiger charge is 2.31. The van der Waals surface area contributed by atoms with Gasteiger partial charge in [0, 0.05) is 38.4 Å². The predicted molar refractivity (Wildman–Crippen MR) is 143 cm³/mol. The second-order valence-corrected chi connectivity index (χ2v) is 9.63. The lowest BCUT2D eigenvalue weighted by atomic mass is 10.2. The van der Waals surface area contributed by atoms with Gasteiger partial charge in [0.1, 0.15) is 18.1 Å². The van der Waals surface area contributed by atoms with E-state index in [4.69, 9.17) is 9.15 Å². The van der Waals surface area contributed by atoms with E-state index in [1.807, 2.05) is 43.3 Å². The molecule has 0 saturated carbocycles. The summed E-state index contributed by atoms with van der Waals surface area (Å²) in [5.41, 5.74) is 0.0345. The van der Waals surface area contributed by atoms with Crippen LogP contribution in [0.2, 0.25) is 0 Å². The number of urea groups is 1. The Morgan fingerprint density at radius 3 is 2.38 bits per heavy atom. The van der Waals surface area contributed by atoms with Crippen LogP contribution in [0, 0.1) is 6.92 Å². The number of halogens is 3. The van der Waals surface area contributed by atoms with Crippen molar-refractivity contribution in [3.8, 4) is 0 Å². The number of hydrogen-bond acceptors (Lipinski definition) is 5. The summed E-state index contributed by atoms with van der Waals surface area (Å²) >= 11 is 0. The highest BCUT2D eigenvalue weighted by atomic mass is 19.4. The van der Waals surface area contributed by atoms with E-state index < -0.39 is 17.8 Å². The van der Waals surface area contributed by atoms with Gasteiger partial charge in [0.05, 0.1) is 25.3 Å². The number of rotatable bonds is 10. The first-order valence-corrected chi connectivity index (χ1v) is 13.1. The number of furan rings is 1. The molecule has 214 valence electrons. The van der Waals surface area contributed by atoms with Crippen molar-refractivity contribution in [3.63, 3.8) is 0 Å². The van der Waals surface area contributed by atoms with Crippen molar-refractivity contribution in [1.29, 1.82) is 0 Å². The van der Waals surface area contributed by atoms with Crippen LogP contribution in [-0.2, 0) is 28.8 Å². The molecule has 3 aromatic rings. The molecule has 3 amide bonds. The maximum absolute atomic E-state index is 13.6. The number of morpholine rings is 1. The smallest absolute Gasteiger partial charge is 0.416 e. The molecular formula is C29H33F3N4O4. The number of hydrogen-bond donors (Lipinski definition) is 1. The molecule has 1 aromatic heterocycles. The molecule has 1 N–H and O–H groups in total. The molecule has 0 bridgehead atoms. The van der Waals surface area contributed by atoms with E-state index in [2.05, 4.69) is 10.2 Å². The van der Waals surface area contributed by atoms with Crippen molar-refractivity contribution in [3.05, 3.63) is 89.4 Å². The number of nitrogens with zero attached hydrogens (tertiary/aromatic N) is 3. The predicted octanol–water partition coefficient (Wildman–Crippen LogP) is 5.00. The summed E-state index contributed by atoms with van der Waals surface area (Å²) in [6.45, 7) is 5.27. The third-order valence-electron chi connectivity index (χ3n) is 6.56. The van der Waals surface area contributed by atoms with E-state index in [0.717, 1.165) is 23.5 Å². The molecular weight excluding hydrogens is 525 g/mol. The summed E-state index contributed by atoms with van der Waals surface area (Å²) in [4.78, 5) is 32.0. The summed E-state index contributed by atoms with van der Waals surface area (Å²) in [5, 5.41) is 2.54. The fourth-order valence-corrected chi connectivity index (χ4v) is 4.37. The Morgan fingerprint density at radius 1 is 0.950 bits per heavy atom. The molecule has 2 heterocycles. The van der Waals surface area contributed by atoms with Crippen LogP contribution in [0.5, 0.6) is 0 Å². The SMILES string of the molecule is Cc1ccc(CN(Cc2ccccc2)C(=O)CN(CCN2CCOCC2)C(=O)Nc2cccc(C(F)(F)F)c2)o1. The van der Waals surface area contributed by atoms with Crippen LogP contribution >= 0.6 is 0 Å². The molecule has 8 nitrogen and oxygen atoms in total. The number of benzene rings is 2. The lowest BCUT2D eigenvalue weighted by Gasteiger charge is -2.31. The molecule has 1 aliphatic rings. The van der Waals surface area contributed by atoms with Crippen molar-refractivity contribution < 1.29 is 31.9 Å². The second kappa shape index (κ2) is 13.5. The minimum atomic E-state index is -4.55. The fraction of sp³-hybridized carbons (Fsp3) is 0.379. The quantitative estimate of drug-likeness (QED) is 0.379. The molecule has 2 aromatic carbocycles. The summed E-state index contributed by atoms with van der Waals surface area (Å²) in [6.07, 6.45) is -4.55. The van der Waals surface area contributed by atoms with E-state index in [9.17, 15) is 22.8 Å². The summed E-state index contributed by atoms with van der Waals surface area (Å²) in [5.74, 6) is 1.00. The van der Waals surface area contributed by atoms with Gasteiger partial charge >= 0.3 is 12.2 Å². The average Bonchev–Trinajstić information content (AvgIpc) is 3.35. The van der Waals surface area contributed by atoms with Crippen LogP contribution in [0.4, 0.5) is 23.7 Å². The van der Waals surface area contributed by atoms with Crippen molar-refractivity contribution in [2.45, 2.75) is 26.2 Å². The van der Waals surface area contributed by atoms with Crippen molar-refractivity contribution in [2.75, 3.05) is 51.3 Å². The van der Waals surface area contributed by atoms with E-state index in [0.29, 0.717) is 45.2 Å². The Hall–Kier alpha value is -3.83. The number of nitrogens with one attached hydrogen (secondary N) is 1. The number of anilines is 1. The van der Waals surface area contributed by atoms with Crippen molar-refractivity contribution in [2.24, 2.45) is 0 Å². The van der Waals surface area contributed by atoms with E-state index in [1.165, 1.54) is 17.0 Å². The van der Waals surface area contributed by atoms with Crippen LogP contribution in [0.25, 0.3) is 0 Å².